The Balaban J connectivity index is 0.00000289. The maximum absolute atomic E-state index is 11.6. The summed E-state index contributed by atoms with van der Waals surface area (Å²) in [4.78, 5) is 11.6. The Hall–Kier alpha value is -0.970. The van der Waals surface area contributed by atoms with E-state index in [-0.39, 0.29) is 23.2 Å². The van der Waals surface area contributed by atoms with Crippen molar-refractivity contribution in [1.29, 1.82) is 0 Å². The molecule has 0 saturated heterocycles. The van der Waals surface area contributed by atoms with E-state index in [1.54, 1.807) is 26.0 Å². The third kappa shape index (κ3) is 3.28. The van der Waals surface area contributed by atoms with Crippen LogP contribution in [0.25, 0.3) is 0 Å². The van der Waals surface area contributed by atoms with Crippen molar-refractivity contribution in [1.82, 2.24) is 0 Å². The highest BCUT2D eigenvalue weighted by molar-refractivity contribution is 6.32. The summed E-state index contributed by atoms with van der Waals surface area (Å²) in [6.07, 6.45) is 0. The fraction of sp³-hybridized carbons (Fsp3) is 0.417. The van der Waals surface area contributed by atoms with Crippen molar-refractivity contribution < 1.29 is 14.6 Å². The number of ether oxygens (including phenoxy) is 1. The van der Waals surface area contributed by atoms with Gasteiger partial charge in [-0.2, -0.15) is 0 Å². The number of methoxy groups -OCH3 is 1. The minimum absolute atomic E-state index is 0. The summed E-state index contributed by atoms with van der Waals surface area (Å²) in [7, 11) is 1.32. The molecular formula is C12H17Cl2NO3. The largest absolute Gasteiger partial charge is 0.506 e. The molecule has 6 heteroatoms. The highest BCUT2D eigenvalue weighted by atomic mass is 35.5. The van der Waals surface area contributed by atoms with Crippen molar-refractivity contribution in [3.8, 4) is 5.75 Å². The Morgan fingerprint density at radius 2 is 2.06 bits per heavy atom. The molecule has 0 radical (unpaired) electrons. The minimum Gasteiger partial charge on any atom is -0.506 e. The lowest BCUT2D eigenvalue weighted by Crippen LogP contribution is -2.37. The van der Waals surface area contributed by atoms with Crippen LogP contribution in [0.5, 0.6) is 5.75 Å². The van der Waals surface area contributed by atoms with Gasteiger partial charge in [0.1, 0.15) is 5.75 Å². The molecule has 0 aliphatic heterocycles. The maximum Gasteiger partial charge on any atom is 0.313 e. The van der Waals surface area contributed by atoms with Crippen molar-refractivity contribution in [2.24, 2.45) is 11.1 Å². The number of benzene rings is 1. The second kappa shape index (κ2) is 6.27. The van der Waals surface area contributed by atoms with E-state index in [9.17, 15) is 9.90 Å². The van der Waals surface area contributed by atoms with Crippen LogP contribution in [-0.2, 0) is 9.53 Å². The van der Waals surface area contributed by atoms with E-state index in [1.807, 2.05) is 0 Å². The van der Waals surface area contributed by atoms with E-state index in [2.05, 4.69) is 0 Å². The number of carbonyl (C=O) groups is 1. The molecule has 1 atom stereocenters. The van der Waals surface area contributed by atoms with Gasteiger partial charge in [-0.25, -0.2) is 0 Å². The predicted octanol–water partition coefficient (Wildman–Crippen LogP) is 2.67. The van der Waals surface area contributed by atoms with E-state index < -0.39 is 17.4 Å². The topological polar surface area (TPSA) is 72.5 Å². The molecule has 0 aromatic heterocycles. The molecule has 0 fully saturated rings. The smallest absolute Gasteiger partial charge is 0.313 e. The van der Waals surface area contributed by atoms with E-state index in [0.717, 1.165) is 0 Å². The van der Waals surface area contributed by atoms with Gasteiger partial charge in [0, 0.05) is 6.04 Å². The molecule has 0 unspecified atom stereocenters. The number of carbonyl (C=O) groups excluding carboxylic acids is 1. The Morgan fingerprint density at radius 3 is 2.50 bits per heavy atom. The van der Waals surface area contributed by atoms with Gasteiger partial charge in [-0.05, 0) is 31.5 Å². The number of hydrogen-bond acceptors (Lipinski definition) is 4. The molecule has 1 aromatic carbocycles. The molecule has 0 aliphatic rings. The van der Waals surface area contributed by atoms with Gasteiger partial charge < -0.3 is 15.6 Å². The number of esters is 1. The zero-order chi connectivity index (χ0) is 13.2. The lowest BCUT2D eigenvalue weighted by Gasteiger charge is -2.29. The zero-order valence-corrected chi connectivity index (χ0v) is 12.0. The number of phenols is 1. The van der Waals surface area contributed by atoms with Crippen LogP contribution in [0.2, 0.25) is 5.02 Å². The quantitative estimate of drug-likeness (QED) is 0.841. The first-order valence-electron chi connectivity index (χ1n) is 5.13. The summed E-state index contributed by atoms with van der Waals surface area (Å²) in [5.74, 6) is -0.410. The Morgan fingerprint density at radius 1 is 1.50 bits per heavy atom. The third-order valence-electron chi connectivity index (χ3n) is 2.82. The lowest BCUT2D eigenvalue weighted by molar-refractivity contribution is -0.152. The maximum atomic E-state index is 11.6. The van der Waals surface area contributed by atoms with Crippen molar-refractivity contribution in [2.45, 2.75) is 19.9 Å². The number of phenolic OH excluding ortho intramolecular Hbond substituents is 1. The monoisotopic (exact) mass is 293 g/mol. The molecule has 1 aromatic rings. The normalized spacial score (nSPS) is 12.5. The second-order valence-electron chi connectivity index (χ2n) is 4.40. The number of rotatable bonds is 3. The van der Waals surface area contributed by atoms with Crippen LogP contribution in [-0.4, -0.2) is 18.2 Å². The van der Waals surface area contributed by atoms with Crippen LogP contribution in [0.3, 0.4) is 0 Å². The average molecular weight is 294 g/mol. The number of halogens is 2. The SMILES string of the molecule is COC(=O)C(C)(C)[C@@H](N)c1ccc(O)c(Cl)c1.Cl. The first kappa shape index (κ1) is 17.0. The Bertz CT molecular complexity index is 435. The molecule has 0 bridgehead atoms. The fourth-order valence-corrected chi connectivity index (χ4v) is 1.71. The van der Waals surface area contributed by atoms with Crippen LogP contribution in [0, 0.1) is 5.41 Å². The van der Waals surface area contributed by atoms with E-state index in [0.29, 0.717) is 5.56 Å². The van der Waals surface area contributed by atoms with Gasteiger partial charge in [0.2, 0.25) is 0 Å². The summed E-state index contributed by atoms with van der Waals surface area (Å²) in [5, 5.41) is 9.53. The molecule has 102 valence electrons. The lowest BCUT2D eigenvalue weighted by atomic mass is 9.81. The highest BCUT2D eigenvalue weighted by Gasteiger charge is 2.36. The van der Waals surface area contributed by atoms with E-state index in [1.165, 1.54) is 13.2 Å². The number of hydrogen-bond donors (Lipinski definition) is 2. The average Bonchev–Trinajstić information content (AvgIpc) is 2.30. The summed E-state index contributed by atoms with van der Waals surface area (Å²) in [5.41, 5.74) is 5.83. The first-order chi connectivity index (χ1) is 7.80. The van der Waals surface area contributed by atoms with E-state index >= 15 is 0 Å². The highest BCUT2D eigenvalue weighted by Crippen LogP contribution is 2.35. The molecular weight excluding hydrogens is 277 g/mol. The number of nitrogens with two attached hydrogens (primary N) is 1. The van der Waals surface area contributed by atoms with Gasteiger partial charge in [0.25, 0.3) is 0 Å². The summed E-state index contributed by atoms with van der Waals surface area (Å²) in [6, 6.07) is 4.07. The predicted molar refractivity (Wildman–Crippen MR) is 73.1 cm³/mol. The summed E-state index contributed by atoms with van der Waals surface area (Å²) >= 11 is 5.80. The van der Waals surface area contributed by atoms with Gasteiger partial charge in [-0.3, -0.25) is 4.79 Å². The van der Waals surface area contributed by atoms with Crippen molar-refractivity contribution in [2.75, 3.05) is 7.11 Å². The van der Waals surface area contributed by atoms with E-state index in [4.69, 9.17) is 22.1 Å². The van der Waals surface area contributed by atoms with Crippen LogP contribution in [0.15, 0.2) is 18.2 Å². The molecule has 3 N–H and O–H groups in total. The van der Waals surface area contributed by atoms with Crippen LogP contribution in [0.4, 0.5) is 0 Å². The summed E-state index contributed by atoms with van der Waals surface area (Å²) in [6.45, 7) is 3.40. The van der Waals surface area contributed by atoms with Crippen LogP contribution < -0.4 is 5.73 Å². The van der Waals surface area contributed by atoms with Crippen molar-refractivity contribution >= 4 is 30.0 Å². The molecule has 0 saturated carbocycles. The minimum atomic E-state index is -0.866. The summed E-state index contributed by atoms with van der Waals surface area (Å²) < 4.78 is 4.71. The molecule has 0 amide bonds. The molecule has 4 nitrogen and oxygen atoms in total. The molecule has 0 aliphatic carbocycles. The Labute approximate surface area is 117 Å². The third-order valence-corrected chi connectivity index (χ3v) is 3.12. The fourth-order valence-electron chi connectivity index (χ4n) is 1.52. The van der Waals surface area contributed by atoms with Crippen molar-refractivity contribution in [3.63, 3.8) is 0 Å². The number of aromatic hydroxyl groups is 1. The van der Waals surface area contributed by atoms with Gasteiger partial charge in [-0.15, -0.1) is 12.4 Å². The van der Waals surface area contributed by atoms with Gasteiger partial charge >= 0.3 is 5.97 Å². The first-order valence-corrected chi connectivity index (χ1v) is 5.51. The standard InChI is InChI=1S/C12H16ClNO3.ClH/c1-12(2,11(16)17-3)10(14)7-4-5-9(15)8(13)6-7;/h4-6,10,15H,14H2,1-3H3;1H/t10-;/m0./s1. The zero-order valence-electron chi connectivity index (χ0n) is 10.4. The molecule has 0 spiro atoms. The Kier molecular flexibility index (Phi) is 5.93. The van der Waals surface area contributed by atoms with Gasteiger partial charge in [0.05, 0.1) is 17.5 Å². The second-order valence-corrected chi connectivity index (χ2v) is 4.81. The van der Waals surface area contributed by atoms with Crippen LogP contribution in [0.1, 0.15) is 25.5 Å². The van der Waals surface area contributed by atoms with Gasteiger partial charge in [0.15, 0.2) is 0 Å². The van der Waals surface area contributed by atoms with Crippen molar-refractivity contribution in [3.05, 3.63) is 28.8 Å². The molecule has 0 heterocycles. The molecule has 18 heavy (non-hydrogen) atoms. The van der Waals surface area contributed by atoms with Gasteiger partial charge in [-0.1, -0.05) is 17.7 Å². The van der Waals surface area contributed by atoms with Crippen LogP contribution >= 0.6 is 24.0 Å². The molecule has 1 rings (SSSR count).